The normalized spacial score (nSPS) is 10.9. The van der Waals surface area contributed by atoms with Crippen LogP contribution < -0.4 is 5.32 Å². The molecule has 0 saturated carbocycles. The highest BCUT2D eigenvalue weighted by Gasteiger charge is 2.13. The molecule has 6 nitrogen and oxygen atoms in total. The zero-order valence-electron chi connectivity index (χ0n) is 14.8. The standard InChI is InChI=1S/C19H17N5OS2/c1-12-15(9-20-24(12)2)16-11-27-19(22-16)23-17(25)8-14-10-26-18(21-14)13-6-4-3-5-7-13/h3-7,9-11H,8H2,1-2H3,(H,22,23,25). The third kappa shape index (κ3) is 3.81. The van der Waals surface area contributed by atoms with Crippen molar-refractivity contribution in [3.8, 4) is 21.8 Å². The molecule has 0 bridgehead atoms. The van der Waals surface area contributed by atoms with E-state index in [1.165, 1.54) is 11.3 Å². The molecule has 3 aromatic heterocycles. The summed E-state index contributed by atoms with van der Waals surface area (Å²) in [5.41, 5.74) is 4.65. The van der Waals surface area contributed by atoms with Gasteiger partial charge in [0.25, 0.3) is 0 Å². The quantitative estimate of drug-likeness (QED) is 0.551. The van der Waals surface area contributed by atoms with E-state index in [2.05, 4.69) is 20.4 Å². The van der Waals surface area contributed by atoms with Crippen molar-refractivity contribution in [2.24, 2.45) is 7.05 Å². The van der Waals surface area contributed by atoms with Gasteiger partial charge in [0.15, 0.2) is 5.13 Å². The summed E-state index contributed by atoms with van der Waals surface area (Å²) in [6.07, 6.45) is 2.01. The van der Waals surface area contributed by atoms with Gasteiger partial charge in [-0.15, -0.1) is 22.7 Å². The molecule has 136 valence electrons. The number of benzene rings is 1. The maximum absolute atomic E-state index is 12.3. The summed E-state index contributed by atoms with van der Waals surface area (Å²) in [6, 6.07) is 9.96. The van der Waals surface area contributed by atoms with E-state index in [9.17, 15) is 4.79 Å². The SMILES string of the molecule is Cc1c(-c2csc(NC(=O)Cc3csc(-c4ccccc4)n3)n2)cnn1C. The van der Waals surface area contributed by atoms with Gasteiger partial charge in [0.2, 0.25) is 5.91 Å². The Morgan fingerprint density at radius 2 is 1.96 bits per heavy atom. The first kappa shape index (κ1) is 17.6. The highest BCUT2D eigenvalue weighted by molar-refractivity contribution is 7.14. The summed E-state index contributed by atoms with van der Waals surface area (Å²) in [4.78, 5) is 21.4. The zero-order valence-corrected chi connectivity index (χ0v) is 16.5. The number of rotatable bonds is 5. The highest BCUT2D eigenvalue weighted by Crippen LogP contribution is 2.27. The Kier molecular flexibility index (Phi) is 4.83. The Hall–Kier alpha value is -2.84. The lowest BCUT2D eigenvalue weighted by Crippen LogP contribution is -2.14. The van der Waals surface area contributed by atoms with Crippen LogP contribution in [0.15, 0.2) is 47.3 Å². The first-order valence-electron chi connectivity index (χ1n) is 8.34. The predicted octanol–water partition coefficient (Wildman–Crippen LogP) is 4.16. The second kappa shape index (κ2) is 7.42. The van der Waals surface area contributed by atoms with Crippen LogP contribution >= 0.6 is 22.7 Å². The summed E-state index contributed by atoms with van der Waals surface area (Å²) in [5, 5.41) is 12.4. The highest BCUT2D eigenvalue weighted by atomic mass is 32.1. The number of carbonyl (C=O) groups is 1. The molecular weight excluding hydrogens is 378 g/mol. The van der Waals surface area contributed by atoms with Crippen LogP contribution in [0.2, 0.25) is 0 Å². The molecule has 0 aliphatic heterocycles. The van der Waals surface area contributed by atoms with Gasteiger partial charge in [-0.1, -0.05) is 30.3 Å². The van der Waals surface area contributed by atoms with E-state index in [0.717, 1.165) is 33.2 Å². The summed E-state index contributed by atoms with van der Waals surface area (Å²) in [5.74, 6) is -0.122. The number of carbonyl (C=O) groups excluding carboxylic acids is 1. The minimum Gasteiger partial charge on any atom is -0.302 e. The third-order valence-corrected chi connectivity index (χ3v) is 5.87. The molecule has 0 saturated heterocycles. The topological polar surface area (TPSA) is 72.7 Å². The maximum atomic E-state index is 12.3. The van der Waals surface area contributed by atoms with Crippen molar-refractivity contribution >= 4 is 33.7 Å². The first-order chi connectivity index (χ1) is 13.1. The molecule has 0 aliphatic carbocycles. The number of nitrogens with zero attached hydrogens (tertiary/aromatic N) is 4. The van der Waals surface area contributed by atoms with Gasteiger partial charge in [0.1, 0.15) is 5.01 Å². The van der Waals surface area contributed by atoms with Gasteiger partial charge in [-0.2, -0.15) is 5.10 Å². The van der Waals surface area contributed by atoms with Crippen LogP contribution in [0.25, 0.3) is 21.8 Å². The fourth-order valence-electron chi connectivity index (χ4n) is 2.63. The van der Waals surface area contributed by atoms with Crippen molar-refractivity contribution in [2.75, 3.05) is 5.32 Å². The van der Waals surface area contributed by atoms with Gasteiger partial charge in [0, 0.05) is 34.6 Å². The van der Waals surface area contributed by atoms with Crippen LogP contribution in [0.1, 0.15) is 11.4 Å². The number of aromatic nitrogens is 4. The fourth-order valence-corrected chi connectivity index (χ4v) is 4.19. The number of hydrogen-bond donors (Lipinski definition) is 1. The van der Waals surface area contributed by atoms with Crippen LogP contribution in [-0.4, -0.2) is 25.7 Å². The number of anilines is 1. The molecule has 4 aromatic rings. The molecule has 1 aromatic carbocycles. The van der Waals surface area contributed by atoms with Crippen molar-refractivity contribution in [1.82, 2.24) is 19.7 Å². The van der Waals surface area contributed by atoms with E-state index in [0.29, 0.717) is 5.13 Å². The molecule has 0 fully saturated rings. The summed E-state index contributed by atoms with van der Waals surface area (Å²) >= 11 is 2.95. The monoisotopic (exact) mass is 395 g/mol. The van der Waals surface area contributed by atoms with Gasteiger partial charge >= 0.3 is 0 Å². The summed E-state index contributed by atoms with van der Waals surface area (Å²) in [7, 11) is 1.89. The van der Waals surface area contributed by atoms with E-state index in [-0.39, 0.29) is 12.3 Å². The van der Waals surface area contributed by atoms with Crippen LogP contribution in [-0.2, 0) is 18.3 Å². The lowest BCUT2D eigenvalue weighted by molar-refractivity contribution is -0.115. The molecule has 1 N–H and O–H groups in total. The van der Waals surface area contributed by atoms with Gasteiger partial charge in [-0.3, -0.25) is 9.48 Å². The zero-order chi connectivity index (χ0) is 18.8. The number of aryl methyl sites for hydroxylation is 1. The molecule has 0 atom stereocenters. The number of hydrogen-bond acceptors (Lipinski definition) is 6. The van der Waals surface area contributed by atoms with Gasteiger partial charge < -0.3 is 5.32 Å². The Morgan fingerprint density at radius 3 is 2.70 bits per heavy atom. The van der Waals surface area contributed by atoms with Crippen LogP contribution in [0.4, 0.5) is 5.13 Å². The molecule has 8 heteroatoms. The summed E-state index contributed by atoms with van der Waals surface area (Å²) < 4.78 is 1.81. The Balaban J connectivity index is 1.42. The second-order valence-electron chi connectivity index (χ2n) is 6.04. The Morgan fingerprint density at radius 1 is 1.15 bits per heavy atom. The molecule has 0 spiro atoms. The average Bonchev–Trinajstić information content (AvgIpc) is 3.38. The van der Waals surface area contributed by atoms with Crippen molar-refractivity contribution in [3.05, 3.63) is 58.7 Å². The van der Waals surface area contributed by atoms with Crippen molar-refractivity contribution in [1.29, 1.82) is 0 Å². The molecule has 0 radical (unpaired) electrons. The van der Waals surface area contributed by atoms with E-state index >= 15 is 0 Å². The first-order valence-corrected chi connectivity index (χ1v) is 10.1. The molecule has 27 heavy (non-hydrogen) atoms. The molecule has 0 unspecified atom stereocenters. The molecule has 0 aliphatic rings. The van der Waals surface area contributed by atoms with E-state index in [1.807, 2.05) is 55.1 Å². The second-order valence-corrected chi connectivity index (χ2v) is 7.76. The number of amides is 1. The Labute approximate surface area is 164 Å². The number of nitrogens with one attached hydrogen (secondary N) is 1. The van der Waals surface area contributed by atoms with E-state index in [4.69, 9.17) is 0 Å². The van der Waals surface area contributed by atoms with Crippen LogP contribution in [0.5, 0.6) is 0 Å². The molecule has 3 heterocycles. The van der Waals surface area contributed by atoms with Gasteiger partial charge in [-0.05, 0) is 6.92 Å². The Bertz CT molecular complexity index is 1080. The third-order valence-electron chi connectivity index (χ3n) is 4.18. The lowest BCUT2D eigenvalue weighted by atomic mass is 10.2. The van der Waals surface area contributed by atoms with Crippen LogP contribution in [0, 0.1) is 6.92 Å². The smallest absolute Gasteiger partial charge is 0.232 e. The minimum atomic E-state index is -0.122. The van der Waals surface area contributed by atoms with Crippen molar-refractivity contribution < 1.29 is 4.79 Å². The maximum Gasteiger partial charge on any atom is 0.232 e. The number of thiazole rings is 2. The molecule has 1 amide bonds. The molecule has 4 rings (SSSR count). The van der Waals surface area contributed by atoms with Crippen molar-refractivity contribution in [3.63, 3.8) is 0 Å². The lowest BCUT2D eigenvalue weighted by Gasteiger charge is -2.00. The summed E-state index contributed by atoms with van der Waals surface area (Å²) in [6.45, 7) is 1.99. The minimum absolute atomic E-state index is 0.122. The van der Waals surface area contributed by atoms with Gasteiger partial charge in [0.05, 0.1) is 24.0 Å². The van der Waals surface area contributed by atoms with Crippen molar-refractivity contribution in [2.45, 2.75) is 13.3 Å². The van der Waals surface area contributed by atoms with E-state index < -0.39 is 0 Å². The van der Waals surface area contributed by atoms with Crippen LogP contribution in [0.3, 0.4) is 0 Å². The molecular formula is C19H17N5OS2. The van der Waals surface area contributed by atoms with Gasteiger partial charge in [-0.25, -0.2) is 9.97 Å². The average molecular weight is 396 g/mol. The predicted molar refractivity (Wildman–Crippen MR) is 109 cm³/mol. The van der Waals surface area contributed by atoms with E-state index in [1.54, 1.807) is 22.2 Å². The largest absolute Gasteiger partial charge is 0.302 e. The fraction of sp³-hybridized carbons (Fsp3) is 0.158.